The van der Waals surface area contributed by atoms with Gasteiger partial charge in [0.15, 0.2) is 5.75 Å². The van der Waals surface area contributed by atoms with E-state index in [4.69, 9.17) is 9.78 Å². The Hall–Kier alpha value is -1.55. The van der Waals surface area contributed by atoms with Gasteiger partial charge in [-0.05, 0) is 67.8 Å². The smallest absolute Gasteiger partial charge is 0.313 e. The monoisotopic (exact) mass is 343 g/mol. The molecule has 0 amide bonds. The topological polar surface area (TPSA) is 47.6 Å². The summed E-state index contributed by atoms with van der Waals surface area (Å²) < 4.78 is 0. The van der Waals surface area contributed by atoms with E-state index < -0.39 is 0 Å². The molecule has 1 aromatic carbocycles. The van der Waals surface area contributed by atoms with Crippen molar-refractivity contribution in [2.75, 3.05) is 6.54 Å². The third-order valence-electron chi connectivity index (χ3n) is 6.85. The highest BCUT2D eigenvalue weighted by atomic mass is 17.2. The Bertz CT molecular complexity index is 655. The number of nitrogens with one attached hydrogen (secondary N) is 1. The summed E-state index contributed by atoms with van der Waals surface area (Å²) >= 11 is 0. The van der Waals surface area contributed by atoms with Gasteiger partial charge < -0.3 is 5.32 Å². The van der Waals surface area contributed by atoms with Crippen molar-refractivity contribution in [1.82, 2.24) is 5.32 Å². The molecule has 1 aromatic rings. The van der Waals surface area contributed by atoms with Crippen LogP contribution >= 0.6 is 0 Å². The van der Waals surface area contributed by atoms with Crippen molar-refractivity contribution in [2.24, 2.45) is 11.8 Å². The first-order chi connectivity index (χ1) is 12.1. The summed E-state index contributed by atoms with van der Waals surface area (Å²) in [6.07, 6.45) is 8.33. The largest absolute Gasteiger partial charge is 0.358 e. The summed E-state index contributed by atoms with van der Waals surface area (Å²) in [6.45, 7) is 4.94. The minimum Gasteiger partial charge on any atom is -0.313 e. The fraction of sp³-hybridized carbons (Fsp3) is 0.667. The minimum absolute atomic E-state index is 0.135. The van der Waals surface area contributed by atoms with Crippen molar-refractivity contribution in [1.29, 1.82) is 0 Å². The molecule has 1 aliphatic heterocycles. The lowest BCUT2D eigenvalue weighted by molar-refractivity contribution is -0.218. The van der Waals surface area contributed by atoms with Crippen molar-refractivity contribution >= 4 is 5.97 Å². The van der Waals surface area contributed by atoms with E-state index in [0.717, 1.165) is 25.3 Å². The molecule has 25 heavy (non-hydrogen) atoms. The van der Waals surface area contributed by atoms with Gasteiger partial charge in [0, 0.05) is 11.5 Å². The maximum absolute atomic E-state index is 11.9. The number of carbonyl (C=O) groups is 1. The molecule has 0 radical (unpaired) electrons. The van der Waals surface area contributed by atoms with Gasteiger partial charge in [-0.2, -0.15) is 0 Å². The molecular formula is C21H29NO3. The summed E-state index contributed by atoms with van der Waals surface area (Å²) in [5, 5.41) is 3.76. The summed E-state index contributed by atoms with van der Waals surface area (Å²) in [7, 11) is 0. The van der Waals surface area contributed by atoms with Crippen molar-refractivity contribution in [2.45, 2.75) is 70.3 Å². The molecule has 4 rings (SSSR count). The van der Waals surface area contributed by atoms with E-state index >= 15 is 0 Å². The van der Waals surface area contributed by atoms with Crippen LogP contribution in [-0.2, 0) is 21.5 Å². The highest BCUT2D eigenvalue weighted by Crippen LogP contribution is 2.54. The summed E-state index contributed by atoms with van der Waals surface area (Å²) in [4.78, 5) is 22.3. The second kappa shape index (κ2) is 6.64. The van der Waals surface area contributed by atoms with E-state index in [9.17, 15) is 4.79 Å². The third kappa shape index (κ3) is 2.84. The summed E-state index contributed by atoms with van der Waals surface area (Å²) in [5.74, 6) is 0.964. The van der Waals surface area contributed by atoms with Gasteiger partial charge in [-0.1, -0.05) is 32.8 Å². The van der Waals surface area contributed by atoms with Crippen LogP contribution in [-0.4, -0.2) is 18.6 Å². The van der Waals surface area contributed by atoms with Crippen LogP contribution in [0.2, 0.25) is 0 Å². The average molecular weight is 343 g/mol. The van der Waals surface area contributed by atoms with Crippen molar-refractivity contribution in [3.8, 4) is 5.75 Å². The van der Waals surface area contributed by atoms with Gasteiger partial charge in [-0.3, -0.25) is 9.78 Å². The van der Waals surface area contributed by atoms with E-state index in [1.165, 1.54) is 43.2 Å². The molecule has 1 saturated carbocycles. The number of fused-ring (bicyclic) bond motifs is 1. The van der Waals surface area contributed by atoms with Crippen LogP contribution in [0.25, 0.3) is 0 Å². The average Bonchev–Trinajstić information content (AvgIpc) is 2.65. The van der Waals surface area contributed by atoms with E-state index in [-0.39, 0.29) is 11.9 Å². The number of hydrogen-bond acceptors (Lipinski definition) is 4. The molecule has 136 valence electrons. The van der Waals surface area contributed by atoms with Crippen LogP contribution in [0.5, 0.6) is 5.75 Å². The van der Waals surface area contributed by atoms with Crippen LogP contribution in [0.15, 0.2) is 18.2 Å². The van der Waals surface area contributed by atoms with Gasteiger partial charge in [-0.25, -0.2) is 4.79 Å². The van der Waals surface area contributed by atoms with Gasteiger partial charge in [-0.15, -0.1) is 0 Å². The number of piperidine rings is 1. The van der Waals surface area contributed by atoms with Gasteiger partial charge in [0.25, 0.3) is 0 Å². The fourth-order valence-corrected chi connectivity index (χ4v) is 5.29. The Morgan fingerprint density at radius 1 is 1.36 bits per heavy atom. The first-order valence-corrected chi connectivity index (χ1v) is 9.89. The molecule has 3 aliphatic rings. The number of rotatable bonds is 4. The van der Waals surface area contributed by atoms with Crippen LogP contribution in [0, 0.1) is 11.8 Å². The molecule has 2 aliphatic carbocycles. The molecule has 0 spiro atoms. The predicted octanol–water partition coefficient (Wildman–Crippen LogP) is 3.92. The van der Waals surface area contributed by atoms with E-state index in [1.807, 2.05) is 19.9 Å². The highest BCUT2D eigenvalue weighted by molar-refractivity contribution is 5.71. The molecule has 2 fully saturated rings. The molecule has 4 heteroatoms. The van der Waals surface area contributed by atoms with Gasteiger partial charge in [0.05, 0.1) is 5.92 Å². The maximum Gasteiger partial charge on any atom is 0.358 e. The van der Waals surface area contributed by atoms with Crippen molar-refractivity contribution in [3.63, 3.8) is 0 Å². The Balaban J connectivity index is 1.60. The highest BCUT2D eigenvalue weighted by Gasteiger charge is 2.51. The molecule has 1 heterocycles. The van der Waals surface area contributed by atoms with E-state index in [1.54, 1.807) is 0 Å². The molecule has 4 atom stereocenters. The maximum atomic E-state index is 11.9. The Morgan fingerprint density at radius 3 is 3.08 bits per heavy atom. The number of benzene rings is 1. The Labute approximate surface area is 150 Å². The van der Waals surface area contributed by atoms with Crippen molar-refractivity contribution < 1.29 is 14.6 Å². The third-order valence-corrected chi connectivity index (χ3v) is 6.85. The normalized spacial score (nSPS) is 31.4. The van der Waals surface area contributed by atoms with Gasteiger partial charge in [0.1, 0.15) is 0 Å². The van der Waals surface area contributed by atoms with Crippen LogP contribution in [0.4, 0.5) is 0 Å². The van der Waals surface area contributed by atoms with Gasteiger partial charge >= 0.3 is 5.97 Å². The van der Waals surface area contributed by atoms with Crippen LogP contribution < -0.4 is 10.2 Å². The first-order valence-electron chi connectivity index (χ1n) is 9.89. The second-order valence-electron chi connectivity index (χ2n) is 8.14. The standard InChI is InChI=1S/C21H29NO3/c1-3-14(2)20(23)25-24-16-8-7-15-12-19-17-6-4-5-9-21(17,10-11-22-19)18(15)13-16/h7-8,13-14,17,19,22H,3-6,9-12H2,1-2H3/t14?,17-,19+,21+/m0/s1. The molecule has 4 nitrogen and oxygen atoms in total. The molecule has 1 saturated heterocycles. The van der Waals surface area contributed by atoms with Crippen molar-refractivity contribution in [3.05, 3.63) is 29.3 Å². The lowest BCUT2D eigenvalue weighted by Crippen LogP contribution is -2.59. The lowest BCUT2D eigenvalue weighted by atomic mass is 9.53. The van der Waals surface area contributed by atoms with Crippen LogP contribution in [0.1, 0.15) is 63.5 Å². The summed E-state index contributed by atoms with van der Waals surface area (Å²) in [6, 6.07) is 6.89. The first kappa shape index (κ1) is 16.9. The minimum atomic E-state index is -0.296. The SMILES string of the molecule is CCC(C)C(=O)OOc1ccc2c(c1)[C@@]13CCCC[C@H]1[C@@H](C2)NCC3. The zero-order chi connectivity index (χ0) is 17.4. The molecule has 2 bridgehead atoms. The summed E-state index contributed by atoms with van der Waals surface area (Å²) in [5.41, 5.74) is 3.19. The quantitative estimate of drug-likeness (QED) is 0.665. The lowest BCUT2D eigenvalue weighted by Gasteiger charge is -2.56. The fourth-order valence-electron chi connectivity index (χ4n) is 5.29. The Kier molecular flexibility index (Phi) is 4.48. The van der Waals surface area contributed by atoms with E-state index in [2.05, 4.69) is 17.4 Å². The molecule has 1 unspecified atom stereocenters. The zero-order valence-corrected chi connectivity index (χ0v) is 15.3. The molecular weight excluding hydrogens is 314 g/mol. The van der Waals surface area contributed by atoms with Crippen LogP contribution in [0.3, 0.4) is 0 Å². The second-order valence-corrected chi connectivity index (χ2v) is 8.14. The predicted molar refractivity (Wildman–Crippen MR) is 96.4 cm³/mol. The van der Waals surface area contributed by atoms with E-state index in [0.29, 0.717) is 17.2 Å². The molecule has 0 aromatic heterocycles. The molecule has 1 N–H and O–H groups in total. The number of hydrogen-bond donors (Lipinski definition) is 1. The zero-order valence-electron chi connectivity index (χ0n) is 15.3. The van der Waals surface area contributed by atoms with Gasteiger partial charge in [0.2, 0.25) is 0 Å². The Morgan fingerprint density at radius 2 is 2.24 bits per heavy atom. The number of carbonyl (C=O) groups excluding carboxylic acids is 1.